The van der Waals surface area contributed by atoms with Gasteiger partial charge in [-0.25, -0.2) is 0 Å². The lowest BCUT2D eigenvalue weighted by atomic mass is 9.35. The monoisotopic (exact) mass is 364 g/mol. The lowest BCUT2D eigenvalue weighted by Gasteiger charge is -2.69. The smallest absolute Gasteiger partial charge is 0.309 e. The molecule has 2 bridgehead atoms. The zero-order valence-electron chi connectivity index (χ0n) is 15.9. The van der Waals surface area contributed by atoms with Gasteiger partial charge in [0.1, 0.15) is 0 Å². The van der Waals surface area contributed by atoms with Gasteiger partial charge in [-0.1, -0.05) is 13.3 Å². The van der Waals surface area contributed by atoms with E-state index >= 15 is 0 Å². The molecule has 8 atom stereocenters. The van der Waals surface area contributed by atoms with Gasteiger partial charge in [-0.2, -0.15) is 0 Å². The first-order chi connectivity index (χ1) is 12.1. The van der Waals surface area contributed by atoms with E-state index in [1.807, 2.05) is 6.92 Å². The number of carboxylic acids is 2. The fourth-order valence-electron chi connectivity index (χ4n) is 8.21. The van der Waals surface area contributed by atoms with Gasteiger partial charge in [0.05, 0.1) is 17.9 Å². The number of aliphatic carboxylic acids is 2. The van der Waals surface area contributed by atoms with E-state index in [0.717, 1.165) is 51.4 Å². The van der Waals surface area contributed by atoms with E-state index in [1.165, 1.54) is 0 Å². The molecule has 0 aromatic rings. The minimum Gasteiger partial charge on any atom is -0.481 e. The van der Waals surface area contributed by atoms with Crippen molar-refractivity contribution in [1.82, 2.24) is 0 Å². The molecular weight excluding hydrogens is 332 g/mol. The Morgan fingerprint density at radius 3 is 2.35 bits per heavy atom. The Balaban J connectivity index is 1.71. The van der Waals surface area contributed by atoms with Crippen LogP contribution in [-0.4, -0.2) is 33.4 Å². The van der Waals surface area contributed by atoms with Crippen LogP contribution in [-0.2, 0) is 9.59 Å². The summed E-state index contributed by atoms with van der Waals surface area (Å²) in [6, 6.07) is 0. The Morgan fingerprint density at radius 2 is 1.69 bits per heavy atom. The molecule has 0 aromatic carbocycles. The number of hydrogen-bond donors (Lipinski definition) is 3. The largest absolute Gasteiger partial charge is 0.481 e. The van der Waals surface area contributed by atoms with Crippen LogP contribution in [0.4, 0.5) is 0 Å². The predicted octanol–water partition coefficient (Wildman–Crippen LogP) is 3.55. The van der Waals surface area contributed by atoms with Gasteiger partial charge in [0, 0.05) is 0 Å². The van der Waals surface area contributed by atoms with E-state index in [9.17, 15) is 24.9 Å². The van der Waals surface area contributed by atoms with E-state index in [0.29, 0.717) is 5.92 Å². The lowest BCUT2D eigenvalue weighted by molar-refractivity contribution is -0.245. The van der Waals surface area contributed by atoms with E-state index in [1.54, 1.807) is 0 Å². The zero-order valence-corrected chi connectivity index (χ0v) is 15.9. The Morgan fingerprint density at radius 1 is 1.00 bits per heavy atom. The molecule has 0 unspecified atom stereocenters. The van der Waals surface area contributed by atoms with Crippen molar-refractivity contribution < 1.29 is 24.9 Å². The molecule has 0 radical (unpaired) electrons. The van der Waals surface area contributed by atoms with E-state index < -0.39 is 23.5 Å². The summed E-state index contributed by atoms with van der Waals surface area (Å²) in [4.78, 5) is 23.4. The Bertz CT molecular complexity index is 632. The molecule has 26 heavy (non-hydrogen) atoms. The highest BCUT2D eigenvalue weighted by Crippen LogP contribution is 2.72. The maximum atomic E-state index is 12.1. The number of rotatable bonds is 3. The third-order valence-electron chi connectivity index (χ3n) is 9.38. The van der Waals surface area contributed by atoms with Crippen LogP contribution in [0, 0.1) is 39.9 Å². The second kappa shape index (κ2) is 5.70. The van der Waals surface area contributed by atoms with Crippen molar-refractivity contribution in [2.45, 2.75) is 77.7 Å². The lowest BCUT2D eigenvalue weighted by Crippen LogP contribution is -2.66. The van der Waals surface area contributed by atoms with Crippen LogP contribution in [0.15, 0.2) is 0 Å². The molecule has 5 saturated carbocycles. The van der Waals surface area contributed by atoms with Gasteiger partial charge in [0.15, 0.2) is 0 Å². The van der Waals surface area contributed by atoms with Crippen LogP contribution in [0.2, 0.25) is 0 Å². The van der Waals surface area contributed by atoms with Gasteiger partial charge in [-0.3, -0.25) is 9.59 Å². The van der Waals surface area contributed by atoms with Crippen molar-refractivity contribution in [2.24, 2.45) is 39.9 Å². The molecule has 5 aliphatic rings. The average molecular weight is 364 g/mol. The minimum atomic E-state index is -0.814. The molecule has 0 amide bonds. The van der Waals surface area contributed by atoms with Crippen LogP contribution in [0.25, 0.3) is 0 Å². The molecule has 1 spiro atoms. The molecule has 5 heteroatoms. The maximum Gasteiger partial charge on any atom is 0.309 e. The van der Waals surface area contributed by atoms with Crippen molar-refractivity contribution in [3.05, 3.63) is 0 Å². The number of aliphatic hydroxyl groups excluding tert-OH is 1. The number of hydrogen-bond acceptors (Lipinski definition) is 3. The van der Waals surface area contributed by atoms with Crippen LogP contribution < -0.4 is 0 Å². The first-order valence-electron chi connectivity index (χ1n) is 10.3. The highest BCUT2D eigenvalue weighted by Gasteiger charge is 2.68. The summed E-state index contributed by atoms with van der Waals surface area (Å²) in [5.74, 6) is -0.873. The summed E-state index contributed by atoms with van der Waals surface area (Å²) in [7, 11) is 0. The fourth-order valence-corrected chi connectivity index (χ4v) is 8.21. The molecule has 5 nitrogen and oxygen atoms in total. The summed E-state index contributed by atoms with van der Waals surface area (Å²) in [6.45, 7) is 4.21. The molecule has 5 aliphatic carbocycles. The van der Waals surface area contributed by atoms with Gasteiger partial charge < -0.3 is 15.3 Å². The second-order valence-corrected chi connectivity index (χ2v) is 10.2. The molecule has 0 saturated heterocycles. The number of fused-ring (bicyclic) bond motifs is 3. The molecule has 3 N–H and O–H groups in total. The maximum absolute atomic E-state index is 12.1. The van der Waals surface area contributed by atoms with Crippen molar-refractivity contribution in [3.63, 3.8) is 0 Å². The highest BCUT2D eigenvalue weighted by molar-refractivity contribution is 5.75. The Hall–Kier alpha value is -1.10. The molecule has 0 aliphatic heterocycles. The van der Waals surface area contributed by atoms with E-state index in [2.05, 4.69) is 6.92 Å². The molecule has 0 heterocycles. The minimum absolute atomic E-state index is 0.0581. The van der Waals surface area contributed by atoms with Gasteiger partial charge in [0.25, 0.3) is 0 Å². The van der Waals surface area contributed by atoms with Crippen molar-refractivity contribution in [2.75, 3.05) is 0 Å². The normalized spacial score (nSPS) is 52.8. The van der Waals surface area contributed by atoms with Crippen molar-refractivity contribution in [3.8, 4) is 0 Å². The average Bonchev–Trinajstić information content (AvgIpc) is 2.57. The summed E-state index contributed by atoms with van der Waals surface area (Å²) in [6.07, 6.45) is 6.89. The summed E-state index contributed by atoms with van der Waals surface area (Å²) >= 11 is 0. The second-order valence-electron chi connectivity index (χ2n) is 10.2. The van der Waals surface area contributed by atoms with Crippen molar-refractivity contribution >= 4 is 11.9 Å². The van der Waals surface area contributed by atoms with Gasteiger partial charge in [-0.05, 0) is 86.4 Å². The SMILES string of the molecule is C[C@@]12CCC[C@@](C)(C(=O)O)[C@H]1CC[C@@]13CC[C@H](C[C@@H]21)[C@H](CC(=O)O)[C@H]3O. The molecular formula is C21H32O5. The highest BCUT2D eigenvalue weighted by atomic mass is 16.4. The molecule has 5 fully saturated rings. The number of carboxylic acid groups (broad SMARTS) is 2. The molecule has 5 rings (SSSR count). The topological polar surface area (TPSA) is 94.8 Å². The standard InChI is InChI=1S/C21H32O5/c1-19-6-3-7-20(2,18(25)26)14(19)5-9-21-8-4-12(10-15(19)21)13(17(21)24)11-16(22)23/h12-15,17,24H,3-11H2,1-2H3,(H,22,23)(H,25,26)/t12-,13+,14+,15+,17-,19-,20-,21+/m1/s1. The Kier molecular flexibility index (Phi) is 4.00. The first kappa shape index (κ1) is 18.3. The third kappa shape index (κ3) is 2.18. The molecule has 146 valence electrons. The quantitative estimate of drug-likeness (QED) is 0.712. The van der Waals surface area contributed by atoms with Gasteiger partial charge >= 0.3 is 11.9 Å². The molecule has 0 aromatic heterocycles. The third-order valence-corrected chi connectivity index (χ3v) is 9.38. The zero-order chi connectivity index (χ0) is 18.9. The summed E-state index contributed by atoms with van der Waals surface area (Å²) in [5, 5.41) is 30.5. The Labute approximate surface area is 155 Å². The van der Waals surface area contributed by atoms with Crippen LogP contribution >= 0.6 is 0 Å². The van der Waals surface area contributed by atoms with E-state index in [4.69, 9.17) is 0 Å². The van der Waals surface area contributed by atoms with E-state index in [-0.39, 0.29) is 35.0 Å². The fraction of sp³-hybridized carbons (Fsp3) is 0.905. The van der Waals surface area contributed by atoms with Crippen LogP contribution in [0.5, 0.6) is 0 Å². The number of carbonyl (C=O) groups is 2. The first-order valence-corrected chi connectivity index (χ1v) is 10.3. The van der Waals surface area contributed by atoms with Crippen molar-refractivity contribution in [1.29, 1.82) is 0 Å². The summed E-state index contributed by atoms with van der Waals surface area (Å²) in [5.41, 5.74) is -0.926. The van der Waals surface area contributed by atoms with Gasteiger partial charge in [-0.15, -0.1) is 0 Å². The van der Waals surface area contributed by atoms with Gasteiger partial charge in [0.2, 0.25) is 0 Å². The summed E-state index contributed by atoms with van der Waals surface area (Å²) < 4.78 is 0. The van der Waals surface area contributed by atoms with Crippen LogP contribution in [0.1, 0.15) is 71.6 Å². The number of aliphatic hydroxyl groups is 1. The predicted molar refractivity (Wildman–Crippen MR) is 95.4 cm³/mol. The van der Waals surface area contributed by atoms with Crippen LogP contribution in [0.3, 0.4) is 0 Å².